The lowest BCUT2D eigenvalue weighted by molar-refractivity contribution is -0.138. The van der Waals surface area contributed by atoms with Crippen LogP contribution in [0.5, 0.6) is 0 Å². The number of nitrogens with zero attached hydrogens (tertiary/aromatic N) is 1. The fourth-order valence-electron chi connectivity index (χ4n) is 5.54. The van der Waals surface area contributed by atoms with Crippen molar-refractivity contribution < 1.29 is 31.1 Å². The number of alkyl halides is 6. The average molecular weight is 744 g/mol. The normalized spacial score (nSPS) is 13.5. The molecule has 0 bridgehead atoms. The maximum absolute atomic E-state index is 13.3. The van der Waals surface area contributed by atoms with Crippen molar-refractivity contribution in [2.45, 2.75) is 81.2 Å². The molecule has 0 saturated carbocycles. The second-order valence-electron chi connectivity index (χ2n) is 13.8. The van der Waals surface area contributed by atoms with E-state index in [1.165, 1.54) is 35.1 Å². The highest BCUT2D eigenvalue weighted by atomic mass is 32.2. The number of thiazole rings is 1. The number of aromatic nitrogens is 1. The van der Waals surface area contributed by atoms with Crippen LogP contribution in [0.4, 0.5) is 26.3 Å². The van der Waals surface area contributed by atoms with E-state index in [1.54, 1.807) is 17.8 Å². The van der Waals surface area contributed by atoms with Crippen molar-refractivity contribution >= 4 is 31.4 Å². The zero-order chi connectivity index (χ0) is 36.6. The molecule has 0 fully saturated rings. The fourth-order valence-corrected chi connectivity index (χ4v) is 8.78. The summed E-state index contributed by atoms with van der Waals surface area (Å²) >= 11 is 3.12. The van der Waals surface area contributed by atoms with Crippen LogP contribution in [0.15, 0.2) is 95.9 Å². The van der Waals surface area contributed by atoms with Gasteiger partial charge in [-0.3, -0.25) is 0 Å². The zero-order valence-electron chi connectivity index (χ0n) is 28.6. The molecular weight excluding hydrogens is 705 g/mol. The van der Waals surface area contributed by atoms with Crippen LogP contribution < -0.4 is 0 Å². The first kappa shape index (κ1) is 37.9. The summed E-state index contributed by atoms with van der Waals surface area (Å²) in [6.45, 7) is 12.1. The highest BCUT2D eigenvalue weighted by molar-refractivity contribution is 7.99. The molecule has 0 aliphatic rings. The minimum Gasteiger partial charge on any atom is -0.432 e. The smallest absolute Gasteiger partial charge is 0.416 e. The Kier molecular flexibility index (Phi) is 10.8. The zero-order valence-corrected chi connectivity index (χ0v) is 31.3. The number of rotatable bonds is 10. The molecule has 0 aliphatic carbocycles. The lowest BCUT2D eigenvalue weighted by Gasteiger charge is -2.35. The quantitative estimate of drug-likeness (QED) is 0.0878. The van der Waals surface area contributed by atoms with Crippen LogP contribution in [-0.4, -0.2) is 18.1 Å². The molecule has 4 aromatic carbocycles. The van der Waals surface area contributed by atoms with Crippen LogP contribution in [0, 0.1) is 13.8 Å². The van der Waals surface area contributed by atoms with Crippen molar-refractivity contribution in [2.75, 3.05) is 0 Å². The van der Waals surface area contributed by atoms with E-state index in [-0.39, 0.29) is 10.3 Å². The number of hydrogen-bond acceptors (Lipinski definition) is 4. The van der Waals surface area contributed by atoms with Crippen LogP contribution in [0.1, 0.15) is 57.5 Å². The lowest BCUT2D eigenvalue weighted by atomic mass is 9.98. The van der Waals surface area contributed by atoms with Crippen molar-refractivity contribution in [3.8, 4) is 21.7 Å². The summed E-state index contributed by atoms with van der Waals surface area (Å²) < 4.78 is 79.7. The predicted octanol–water partition coefficient (Wildman–Crippen LogP) is 12.7. The van der Waals surface area contributed by atoms with Crippen molar-refractivity contribution in [1.82, 2.24) is 4.98 Å². The van der Waals surface area contributed by atoms with Gasteiger partial charge in [0.05, 0.1) is 16.8 Å². The van der Waals surface area contributed by atoms with Gasteiger partial charge in [-0.05, 0) is 109 Å². The van der Waals surface area contributed by atoms with Crippen LogP contribution in [0.25, 0.3) is 21.7 Å². The average Bonchev–Trinajstić information content (AvgIpc) is 3.42. The Morgan fingerprint density at radius 2 is 1.38 bits per heavy atom. The predicted molar refractivity (Wildman–Crippen MR) is 195 cm³/mol. The molecule has 50 heavy (non-hydrogen) atoms. The third-order valence-electron chi connectivity index (χ3n) is 9.36. The molecule has 2 nitrogen and oxygen atoms in total. The Hall–Kier alpha value is -3.38. The van der Waals surface area contributed by atoms with Gasteiger partial charge in [0, 0.05) is 20.6 Å². The summed E-state index contributed by atoms with van der Waals surface area (Å²) in [6.07, 6.45) is -7.52. The van der Waals surface area contributed by atoms with Gasteiger partial charge in [0.1, 0.15) is 5.01 Å². The number of halogens is 6. The molecule has 0 amide bonds. The topological polar surface area (TPSA) is 33.1 Å². The lowest BCUT2D eigenvalue weighted by Crippen LogP contribution is -2.40. The van der Waals surface area contributed by atoms with Crippen LogP contribution >= 0.6 is 23.1 Å². The first-order valence-corrected chi connectivity index (χ1v) is 20.8. The Morgan fingerprint density at radius 1 is 0.760 bits per heavy atom. The number of aryl methyl sites for hydroxylation is 2. The van der Waals surface area contributed by atoms with E-state index in [4.69, 9.17) is 4.98 Å². The summed E-state index contributed by atoms with van der Waals surface area (Å²) in [7, 11) is -2.42. The van der Waals surface area contributed by atoms with E-state index >= 15 is 0 Å². The van der Waals surface area contributed by atoms with Gasteiger partial charge in [0.25, 0.3) is 0 Å². The molecule has 0 aliphatic heterocycles. The molecule has 0 spiro atoms. The summed E-state index contributed by atoms with van der Waals surface area (Å²) in [6, 6.07) is 24.1. The van der Waals surface area contributed by atoms with E-state index in [9.17, 15) is 31.1 Å². The molecule has 0 radical (unpaired) electrons. The molecule has 5 aromatic rings. The first-order chi connectivity index (χ1) is 23.2. The van der Waals surface area contributed by atoms with Crippen molar-refractivity contribution in [3.63, 3.8) is 0 Å². The van der Waals surface area contributed by atoms with Crippen LogP contribution in [0.3, 0.4) is 0 Å². The van der Waals surface area contributed by atoms with Gasteiger partial charge in [-0.15, -0.1) is 23.1 Å². The Morgan fingerprint density at radius 3 is 1.96 bits per heavy atom. The second kappa shape index (κ2) is 14.3. The minimum atomic E-state index is -4.43. The third-order valence-corrected chi connectivity index (χ3v) is 15.5. The summed E-state index contributed by atoms with van der Waals surface area (Å²) in [5.41, 5.74) is 4.39. The SMILES string of the molecule is Cc1cc(SC(Cc2ccc(-c3cccc(C(F)(F)F)c3)cc2)c2sc(-c3ccc(C(F)(F)F)cc3)nc2C)ccc1CC(C)(C)[Si](C)(C)O. The van der Waals surface area contributed by atoms with Gasteiger partial charge in [-0.1, -0.05) is 68.4 Å². The summed E-state index contributed by atoms with van der Waals surface area (Å²) in [5, 5.41) is 0.297. The van der Waals surface area contributed by atoms with E-state index in [0.29, 0.717) is 28.1 Å². The fraction of sp³-hybridized carbons (Fsp3) is 0.308. The number of benzene rings is 4. The molecule has 1 N–H and O–H groups in total. The molecular formula is C39H39F6NOS2Si. The number of hydrogen-bond donors (Lipinski definition) is 1. The van der Waals surface area contributed by atoms with Gasteiger partial charge < -0.3 is 4.80 Å². The molecule has 1 atom stereocenters. The molecule has 1 aromatic heterocycles. The van der Waals surface area contributed by atoms with Crippen LogP contribution in [-0.2, 0) is 25.2 Å². The largest absolute Gasteiger partial charge is 0.432 e. The molecule has 1 heterocycles. The molecule has 5 rings (SSSR count). The summed E-state index contributed by atoms with van der Waals surface area (Å²) in [5.74, 6) is 0. The molecule has 264 valence electrons. The van der Waals surface area contributed by atoms with E-state index in [0.717, 1.165) is 57.3 Å². The van der Waals surface area contributed by atoms with E-state index in [2.05, 4.69) is 39.0 Å². The van der Waals surface area contributed by atoms with Gasteiger partial charge in [0.15, 0.2) is 8.32 Å². The van der Waals surface area contributed by atoms with E-state index in [1.807, 2.05) is 44.3 Å². The van der Waals surface area contributed by atoms with Gasteiger partial charge in [-0.25, -0.2) is 4.98 Å². The standard InChI is InChI=1S/C39H39F6NOS2Si/c1-24-20-33(19-16-30(24)23-37(3,4)50(5,6)47)48-34(35-25(2)46-36(49-35)28-14-17-31(18-15-28)38(40,41)42)21-26-10-12-27(13-11-26)29-8-7-9-32(22-29)39(43,44)45/h7-20,22,34,47H,21,23H2,1-6H3. The minimum absolute atomic E-state index is 0.111. The van der Waals surface area contributed by atoms with Crippen molar-refractivity contribution in [2.24, 2.45) is 0 Å². The highest BCUT2D eigenvalue weighted by Gasteiger charge is 2.38. The van der Waals surface area contributed by atoms with Gasteiger partial charge in [-0.2, -0.15) is 26.3 Å². The van der Waals surface area contributed by atoms with Crippen molar-refractivity contribution in [1.29, 1.82) is 0 Å². The molecule has 0 saturated heterocycles. The third kappa shape index (κ3) is 8.91. The van der Waals surface area contributed by atoms with Crippen molar-refractivity contribution in [3.05, 3.63) is 129 Å². The summed E-state index contributed by atoms with van der Waals surface area (Å²) in [4.78, 5) is 17.7. The Balaban J connectivity index is 1.46. The van der Waals surface area contributed by atoms with Gasteiger partial charge in [0.2, 0.25) is 0 Å². The highest BCUT2D eigenvalue weighted by Crippen LogP contribution is 2.45. The Labute approximate surface area is 298 Å². The van der Waals surface area contributed by atoms with E-state index < -0.39 is 31.8 Å². The first-order valence-electron chi connectivity index (χ1n) is 16.1. The molecule has 1 unspecified atom stereocenters. The van der Waals surface area contributed by atoms with Crippen LogP contribution in [0.2, 0.25) is 18.1 Å². The monoisotopic (exact) mass is 743 g/mol. The Bertz CT molecular complexity index is 1940. The maximum Gasteiger partial charge on any atom is 0.416 e. The van der Waals surface area contributed by atoms with Gasteiger partial charge >= 0.3 is 12.4 Å². The maximum atomic E-state index is 13.3. The number of thioether (sulfide) groups is 1. The molecule has 11 heteroatoms. The second-order valence-corrected chi connectivity index (χ2v) is 20.6.